The van der Waals surface area contributed by atoms with Gasteiger partial charge in [-0.3, -0.25) is 4.21 Å². The van der Waals surface area contributed by atoms with Crippen molar-refractivity contribution in [1.29, 1.82) is 0 Å². The van der Waals surface area contributed by atoms with Crippen molar-refractivity contribution < 1.29 is 22.5 Å². The fourth-order valence-corrected chi connectivity index (χ4v) is 4.42. The molecule has 0 saturated heterocycles. The van der Waals surface area contributed by atoms with Crippen LogP contribution >= 0.6 is 11.6 Å². The molecule has 3 aromatic carbocycles. The lowest BCUT2D eigenvalue weighted by molar-refractivity contribution is 0.0526. The fraction of sp³-hybridized carbons (Fsp3) is 0.190. The van der Waals surface area contributed by atoms with Crippen molar-refractivity contribution in [2.24, 2.45) is 0 Å². The Hall–Kier alpha value is -2.51. The summed E-state index contributed by atoms with van der Waals surface area (Å²) < 4.78 is 45.5. The molecule has 3 aromatic rings. The van der Waals surface area contributed by atoms with Crippen molar-refractivity contribution in [1.82, 2.24) is 5.32 Å². The Bertz CT molecular complexity index is 1010. The molecule has 0 aliphatic heterocycles. The average Bonchev–Trinajstić information content (AvgIpc) is 2.71. The molecule has 0 fully saturated rings. The number of carbonyl (C=O) groups excluding carboxylic acids is 1. The molecule has 0 bridgehead atoms. The Balaban J connectivity index is 1.70. The Morgan fingerprint density at radius 1 is 1.03 bits per heavy atom. The number of nitrogens with one attached hydrogen (secondary N) is 1. The molecule has 29 heavy (non-hydrogen) atoms. The number of carbonyl (C=O) groups is 1. The number of hydrogen-bond acceptors (Lipinski definition) is 3. The molecule has 0 unspecified atom stereocenters. The van der Waals surface area contributed by atoms with Gasteiger partial charge in [0.1, 0.15) is 12.6 Å². The molecule has 0 heterocycles. The van der Waals surface area contributed by atoms with Gasteiger partial charge in [-0.1, -0.05) is 66.7 Å². The molecular formula is C21H18ClF2NO3S. The summed E-state index contributed by atoms with van der Waals surface area (Å²) in [5.74, 6) is -0.565. The zero-order valence-corrected chi connectivity index (χ0v) is 16.8. The Kier molecular flexibility index (Phi) is 6.82. The largest absolute Gasteiger partial charge is 0.445 e. The lowest BCUT2D eigenvalue weighted by Gasteiger charge is -2.22. The van der Waals surface area contributed by atoms with Gasteiger partial charge in [-0.15, -0.1) is 0 Å². The van der Waals surface area contributed by atoms with E-state index >= 15 is 0 Å². The van der Waals surface area contributed by atoms with Crippen molar-refractivity contribution in [3.05, 3.63) is 78.4 Å². The topological polar surface area (TPSA) is 55.4 Å². The minimum atomic E-state index is -3.80. The van der Waals surface area contributed by atoms with E-state index in [2.05, 4.69) is 0 Å². The standard InChI is InChI=1S/C21H18ClF2NO3S/c22-21(23,24)19(25-20(26)28-13-15-7-2-1-3-8-15)14-29(27)18-12-6-10-16-9-4-5-11-17(16)18/h1-12,19H,13-14H2,(H,25,26)/t19-,29+/m1/s1. The number of rotatable bonds is 7. The summed E-state index contributed by atoms with van der Waals surface area (Å²) in [5.41, 5.74) is 0.705. The second-order valence-corrected chi connectivity index (χ2v) is 8.26. The highest BCUT2D eigenvalue weighted by molar-refractivity contribution is 7.85. The number of alkyl carbamates (subject to hydrolysis) is 1. The minimum absolute atomic E-state index is 0.0837. The molecule has 2 atom stereocenters. The highest BCUT2D eigenvalue weighted by Crippen LogP contribution is 2.27. The third kappa shape index (κ3) is 5.74. The Morgan fingerprint density at radius 3 is 2.41 bits per heavy atom. The molecule has 1 amide bonds. The van der Waals surface area contributed by atoms with Gasteiger partial charge in [-0.2, -0.15) is 8.78 Å². The van der Waals surface area contributed by atoms with Gasteiger partial charge in [0.05, 0.1) is 16.6 Å². The van der Waals surface area contributed by atoms with Crippen molar-refractivity contribution in [2.45, 2.75) is 22.9 Å². The van der Waals surface area contributed by atoms with E-state index in [-0.39, 0.29) is 6.61 Å². The molecular weight excluding hydrogens is 420 g/mol. The van der Waals surface area contributed by atoms with Crippen LogP contribution in [0.4, 0.5) is 13.6 Å². The van der Waals surface area contributed by atoms with Crippen LogP contribution in [0.3, 0.4) is 0 Å². The first kappa shape index (κ1) is 21.2. The maximum absolute atomic E-state index is 13.9. The van der Waals surface area contributed by atoms with Gasteiger partial charge in [0, 0.05) is 4.90 Å². The molecule has 8 heteroatoms. The quantitative estimate of drug-likeness (QED) is 0.525. The van der Waals surface area contributed by atoms with Crippen LogP contribution in [0.25, 0.3) is 10.8 Å². The highest BCUT2D eigenvalue weighted by atomic mass is 35.5. The van der Waals surface area contributed by atoms with Crippen LogP contribution in [0, 0.1) is 0 Å². The molecule has 0 spiro atoms. The molecule has 152 valence electrons. The first-order valence-electron chi connectivity index (χ1n) is 8.74. The van der Waals surface area contributed by atoms with Crippen LogP contribution in [0.1, 0.15) is 5.56 Å². The van der Waals surface area contributed by atoms with Gasteiger partial charge in [-0.25, -0.2) is 4.79 Å². The summed E-state index contributed by atoms with van der Waals surface area (Å²) in [6.45, 7) is -0.0837. The van der Waals surface area contributed by atoms with Gasteiger partial charge >= 0.3 is 11.5 Å². The van der Waals surface area contributed by atoms with Crippen LogP contribution in [-0.2, 0) is 22.1 Å². The van der Waals surface area contributed by atoms with Gasteiger partial charge in [-0.05, 0) is 34.0 Å². The first-order chi connectivity index (χ1) is 13.8. The zero-order valence-electron chi connectivity index (χ0n) is 15.2. The Morgan fingerprint density at radius 2 is 1.69 bits per heavy atom. The second kappa shape index (κ2) is 9.33. The first-order valence-corrected chi connectivity index (χ1v) is 10.4. The third-order valence-corrected chi connectivity index (χ3v) is 5.96. The smallest absolute Gasteiger partial charge is 0.407 e. The maximum atomic E-state index is 13.9. The van der Waals surface area contributed by atoms with E-state index in [4.69, 9.17) is 16.3 Å². The number of amides is 1. The van der Waals surface area contributed by atoms with E-state index in [1.165, 1.54) is 0 Å². The van der Waals surface area contributed by atoms with Gasteiger partial charge in [0.15, 0.2) is 0 Å². The van der Waals surface area contributed by atoms with Crippen LogP contribution in [-0.4, -0.2) is 27.5 Å². The lowest BCUT2D eigenvalue weighted by atomic mass is 10.1. The molecule has 0 saturated carbocycles. The summed E-state index contributed by atoms with van der Waals surface area (Å²) in [6, 6.07) is 19.3. The summed E-state index contributed by atoms with van der Waals surface area (Å²) >= 11 is 5.17. The van der Waals surface area contributed by atoms with Crippen LogP contribution in [0.5, 0.6) is 0 Å². The fourth-order valence-electron chi connectivity index (χ4n) is 2.76. The van der Waals surface area contributed by atoms with Crippen LogP contribution < -0.4 is 5.32 Å². The number of ether oxygens (including phenoxy) is 1. The van der Waals surface area contributed by atoms with Crippen LogP contribution in [0.15, 0.2) is 77.7 Å². The highest BCUT2D eigenvalue weighted by Gasteiger charge is 2.40. The number of halogens is 3. The summed E-state index contributed by atoms with van der Waals surface area (Å²) in [6.07, 6.45) is -1.06. The monoisotopic (exact) mass is 437 g/mol. The van der Waals surface area contributed by atoms with E-state index in [1.807, 2.05) is 23.5 Å². The summed E-state index contributed by atoms with van der Waals surface area (Å²) in [7, 11) is -1.83. The Labute approximate surface area is 174 Å². The maximum Gasteiger partial charge on any atom is 0.407 e. The minimum Gasteiger partial charge on any atom is -0.445 e. The number of hydrogen-bond donors (Lipinski definition) is 1. The molecule has 4 nitrogen and oxygen atoms in total. The molecule has 0 aliphatic carbocycles. The van der Waals surface area contributed by atoms with Crippen molar-refractivity contribution in [3.8, 4) is 0 Å². The summed E-state index contributed by atoms with van der Waals surface area (Å²) in [4.78, 5) is 12.4. The lowest BCUT2D eigenvalue weighted by Crippen LogP contribution is -2.48. The second-order valence-electron chi connectivity index (χ2n) is 6.29. The molecule has 3 rings (SSSR count). The molecule has 0 aromatic heterocycles. The van der Waals surface area contributed by atoms with Gasteiger partial charge in [0.25, 0.3) is 0 Å². The predicted octanol–water partition coefficient (Wildman–Crippen LogP) is 5.07. The molecule has 1 N–H and O–H groups in total. The van der Waals surface area contributed by atoms with Crippen LogP contribution in [0.2, 0.25) is 0 Å². The molecule has 0 aliphatic rings. The van der Waals surface area contributed by atoms with E-state index in [0.717, 1.165) is 5.39 Å². The third-order valence-electron chi connectivity index (χ3n) is 4.21. The van der Waals surface area contributed by atoms with Crippen molar-refractivity contribution in [3.63, 3.8) is 0 Å². The van der Waals surface area contributed by atoms with Crippen molar-refractivity contribution >= 4 is 39.3 Å². The number of alkyl halides is 3. The van der Waals surface area contributed by atoms with E-state index < -0.39 is 34.1 Å². The predicted molar refractivity (Wildman–Crippen MR) is 110 cm³/mol. The zero-order chi connectivity index (χ0) is 20.9. The van der Waals surface area contributed by atoms with Crippen molar-refractivity contribution in [2.75, 3.05) is 5.75 Å². The SMILES string of the molecule is O=C(N[C@H](C[S@](=O)c1cccc2ccccc12)C(F)(F)Cl)OCc1ccccc1. The van der Waals surface area contributed by atoms with E-state index in [1.54, 1.807) is 54.6 Å². The van der Waals surface area contributed by atoms with E-state index in [9.17, 15) is 17.8 Å². The van der Waals surface area contributed by atoms with Gasteiger partial charge in [0.2, 0.25) is 0 Å². The van der Waals surface area contributed by atoms with Gasteiger partial charge < -0.3 is 10.1 Å². The average molecular weight is 438 g/mol. The number of fused-ring (bicyclic) bond motifs is 1. The summed E-state index contributed by atoms with van der Waals surface area (Å²) in [5, 5.41) is -0.233. The molecule has 0 radical (unpaired) electrons. The normalized spacial score (nSPS) is 13.6. The number of benzene rings is 3. The van der Waals surface area contributed by atoms with E-state index in [0.29, 0.717) is 15.8 Å².